The van der Waals surface area contributed by atoms with Crippen LogP contribution in [0, 0.1) is 5.92 Å². The standard InChI is InChI=1S/C22H21Cl2N.ClH/c1-15(25)19(13-17-8-11-21(23)22(24)14-17)10-7-16-6-9-18-4-2-3-5-20(18)12-16;/h2-12,14-15,19H,13,25H2,1H3;1H/b10-7+;/t15-,19+;/m0./s1. The highest BCUT2D eigenvalue weighted by Gasteiger charge is 2.12. The highest BCUT2D eigenvalue weighted by atomic mass is 35.5. The van der Waals surface area contributed by atoms with Gasteiger partial charge in [-0.25, -0.2) is 0 Å². The summed E-state index contributed by atoms with van der Waals surface area (Å²) in [6.07, 6.45) is 5.17. The molecule has 3 rings (SSSR count). The van der Waals surface area contributed by atoms with Crippen LogP contribution in [0.4, 0.5) is 0 Å². The second-order valence-corrected chi connectivity index (χ2v) is 7.26. The lowest BCUT2D eigenvalue weighted by Gasteiger charge is -2.17. The van der Waals surface area contributed by atoms with Crippen molar-refractivity contribution in [3.05, 3.63) is 87.9 Å². The highest BCUT2D eigenvalue weighted by molar-refractivity contribution is 6.42. The van der Waals surface area contributed by atoms with Crippen molar-refractivity contribution in [1.29, 1.82) is 0 Å². The third-order valence-electron chi connectivity index (χ3n) is 4.44. The molecule has 0 aromatic heterocycles. The monoisotopic (exact) mass is 405 g/mol. The third-order valence-corrected chi connectivity index (χ3v) is 5.18. The molecular formula is C22H22Cl3N. The van der Waals surface area contributed by atoms with Crippen molar-refractivity contribution in [3.8, 4) is 0 Å². The molecule has 2 N–H and O–H groups in total. The van der Waals surface area contributed by atoms with Crippen molar-refractivity contribution in [3.63, 3.8) is 0 Å². The lowest BCUT2D eigenvalue weighted by molar-refractivity contribution is 0.534. The van der Waals surface area contributed by atoms with E-state index < -0.39 is 0 Å². The molecule has 1 nitrogen and oxygen atoms in total. The molecule has 0 fully saturated rings. The van der Waals surface area contributed by atoms with E-state index in [9.17, 15) is 0 Å². The van der Waals surface area contributed by atoms with E-state index in [0.29, 0.717) is 10.0 Å². The molecule has 0 heterocycles. The van der Waals surface area contributed by atoms with E-state index in [-0.39, 0.29) is 24.4 Å². The van der Waals surface area contributed by atoms with Crippen LogP contribution in [0.25, 0.3) is 16.8 Å². The summed E-state index contributed by atoms with van der Waals surface area (Å²) < 4.78 is 0. The molecule has 0 aliphatic heterocycles. The van der Waals surface area contributed by atoms with Gasteiger partial charge in [-0.15, -0.1) is 12.4 Å². The number of fused-ring (bicyclic) bond motifs is 1. The number of halogens is 3. The predicted octanol–water partition coefficient (Wildman–Crippen LogP) is 6.79. The summed E-state index contributed by atoms with van der Waals surface area (Å²) in [4.78, 5) is 0. The Morgan fingerprint density at radius 2 is 1.65 bits per heavy atom. The molecule has 3 aromatic carbocycles. The smallest absolute Gasteiger partial charge is 0.0595 e. The molecule has 2 atom stereocenters. The highest BCUT2D eigenvalue weighted by Crippen LogP contribution is 2.25. The van der Waals surface area contributed by atoms with Gasteiger partial charge in [0.2, 0.25) is 0 Å². The van der Waals surface area contributed by atoms with Crippen molar-refractivity contribution in [2.24, 2.45) is 11.7 Å². The Labute approximate surface area is 171 Å². The van der Waals surface area contributed by atoms with Crippen LogP contribution in [0.2, 0.25) is 10.0 Å². The Bertz CT molecular complexity index is 903. The normalized spacial score (nSPS) is 13.5. The van der Waals surface area contributed by atoms with Gasteiger partial charge in [-0.2, -0.15) is 0 Å². The zero-order valence-electron chi connectivity index (χ0n) is 14.5. The van der Waals surface area contributed by atoms with Crippen LogP contribution in [0.15, 0.2) is 66.7 Å². The SMILES string of the molecule is C[C@H](N)[C@H](/C=C/c1ccc2ccccc2c1)Cc1ccc(Cl)c(Cl)c1.Cl. The first-order valence-corrected chi connectivity index (χ1v) is 9.15. The molecule has 3 aromatic rings. The summed E-state index contributed by atoms with van der Waals surface area (Å²) in [5.41, 5.74) is 8.51. The first-order valence-electron chi connectivity index (χ1n) is 8.39. The van der Waals surface area contributed by atoms with Crippen LogP contribution < -0.4 is 5.73 Å². The van der Waals surface area contributed by atoms with Crippen LogP contribution in [0.5, 0.6) is 0 Å². The fraction of sp³-hybridized carbons (Fsp3) is 0.182. The van der Waals surface area contributed by atoms with Gasteiger partial charge in [-0.1, -0.05) is 77.8 Å². The molecule has 0 bridgehead atoms. The topological polar surface area (TPSA) is 26.0 Å². The summed E-state index contributed by atoms with van der Waals surface area (Å²) >= 11 is 12.1. The van der Waals surface area contributed by atoms with Crippen LogP contribution >= 0.6 is 35.6 Å². The molecule has 0 aliphatic rings. The minimum Gasteiger partial charge on any atom is -0.327 e. The van der Waals surface area contributed by atoms with Crippen LogP contribution in [0.3, 0.4) is 0 Å². The van der Waals surface area contributed by atoms with E-state index >= 15 is 0 Å². The van der Waals surface area contributed by atoms with Gasteiger partial charge in [0.1, 0.15) is 0 Å². The number of benzene rings is 3. The largest absolute Gasteiger partial charge is 0.327 e. The van der Waals surface area contributed by atoms with Gasteiger partial charge in [0.25, 0.3) is 0 Å². The second-order valence-electron chi connectivity index (χ2n) is 6.44. The molecule has 136 valence electrons. The molecule has 0 aliphatic carbocycles. The molecule has 26 heavy (non-hydrogen) atoms. The Balaban J connectivity index is 0.00000243. The maximum Gasteiger partial charge on any atom is 0.0595 e. The summed E-state index contributed by atoms with van der Waals surface area (Å²) in [6.45, 7) is 2.03. The molecule has 0 unspecified atom stereocenters. The number of hydrogen-bond acceptors (Lipinski definition) is 1. The van der Waals surface area contributed by atoms with Crippen molar-refractivity contribution in [1.82, 2.24) is 0 Å². The summed E-state index contributed by atoms with van der Waals surface area (Å²) in [5.74, 6) is 0.226. The molecule has 4 heteroatoms. The van der Waals surface area contributed by atoms with Gasteiger partial charge in [0, 0.05) is 6.04 Å². The molecule has 0 radical (unpaired) electrons. The Kier molecular flexibility index (Phi) is 7.55. The van der Waals surface area contributed by atoms with Gasteiger partial charge in [0.15, 0.2) is 0 Å². The summed E-state index contributed by atoms with van der Waals surface area (Å²) in [5, 5.41) is 3.65. The maximum absolute atomic E-state index is 6.20. The first-order chi connectivity index (χ1) is 12.0. The zero-order valence-corrected chi connectivity index (χ0v) is 16.9. The Morgan fingerprint density at radius 1 is 0.923 bits per heavy atom. The quantitative estimate of drug-likeness (QED) is 0.496. The molecule has 0 spiro atoms. The Hall–Kier alpha value is -1.51. The van der Waals surface area contributed by atoms with Crippen molar-refractivity contribution in [2.75, 3.05) is 0 Å². The van der Waals surface area contributed by atoms with Gasteiger partial charge in [0.05, 0.1) is 10.0 Å². The number of hydrogen-bond donors (Lipinski definition) is 1. The van der Waals surface area contributed by atoms with E-state index in [0.717, 1.165) is 12.0 Å². The third kappa shape index (κ3) is 5.25. The van der Waals surface area contributed by atoms with Crippen molar-refractivity contribution in [2.45, 2.75) is 19.4 Å². The van der Waals surface area contributed by atoms with Gasteiger partial charge < -0.3 is 5.73 Å². The number of rotatable bonds is 5. The Morgan fingerprint density at radius 3 is 2.35 bits per heavy atom. The van der Waals surface area contributed by atoms with Gasteiger partial charge >= 0.3 is 0 Å². The average Bonchev–Trinajstić information content (AvgIpc) is 2.61. The van der Waals surface area contributed by atoms with E-state index in [2.05, 4.69) is 54.6 Å². The maximum atomic E-state index is 6.20. The fourth-order valence-corrected chi connectivity index (χ4v) is 3.23. The minimum atomic E-state index is 0. The van der Waals surface area contributed by atoms with E-state index in [1.165, 1.54) is 16.3 Å². The first kappa shape index (κ1) is 20.8. The lowest BCUT2D eigenvalue weighted by Crippen LogP contribution is -2.26. The van der Waals surface area contributed by atoms with E-state index in [1.807, 2.05) is 25.1 Å². The summed E-state index contributed by atoms with van der Waals surface area (Å²) in [7, 11) is 0. The van der Waals surface area contributed by atoms with Crippen LogP contribution in [0.1, 0.15) is 18.1 Å². The minimum absolute atomic E-state index is 0. The van der Waals surface area contributed by atoms with E-state index in [4.69, 9.17) is 28.9 Å². The van der Waals surface area contributed by atoms with Gasteiger partial charge in [-0.05, 0) is 59.4 Å². The van der Waals surface area contributed by atoms with Crippen LogP contribution in [-0.2, 0) is 6.42 Å². The van der Waals surface area contributed by atoms with E-state index in [1.54, 1.807) is 0 Å². The number of nitrogens with two attached hydrogens (primary N) is 1. The van der Waals surface area contributed by atoms with Gasteiger partial charge in [-0.3, -0.25) is 0 Å². The zero-order chi connectivity index (χ0) is 17.8. The second kappa shape index (κ2) is 9.43. The average molecular weight is 407 g/mol. The lowest BCUT2D eigenvalue weighted by atomic mass is 9.92. The molecule has 0 saturated heterocycles. The van der Waals surface area contributed by atoms with Crippen molar-refractivity contribution >= 4 is 52.5 Å². The summed E-state index contributed by atoms with van der Waals surface area (Å²) in [6, 6.07) is 20.7. The molecule has 0 saturated carbocycles. The molecular weight excluding hydrogens is 385 g/mol. The van der Waals surface area contributed by atoms with Crippen molar-refractivity contribution < 1.29 is 0 Å². The fourth-order valence-electron chi connectivity index (χ4n) is 2.91. The molecule has 0 amide bonds. The predicted molar refractivity (Wildman–Crippen MR) is 118 cm³/mol. The van der Waals surface area contributed by atoms with Crippen LogP contribution in [-0.4, -0.2) is 6.04 Å².